The van der Waals surface area contributed by atoms with Crippen LogP contribution in [-0.4, -0.2) is 28.3 Å². The standard InChI is InChI=1S/C16H20FN5/c1-12-5-4-8-22(11-12)16-20-15(10-19-21-16)18-9-13-6-2-3-7-14(13)17/h2-3,6-7,10,12H,4-5,8-9,11H2,1H3,(H,18,20,21). The number of aromatic nitrogens is 3. The van der Waals surface area contributed by atoms with E-state index in [0.29, 0.717) is 29.8 Å². The van der Waals surface area contributed by atoms with Crippen LogP contribution in [0.5, 0.6) is 0 Å². The van der Waals surface area contributed by atoms with Crippen molar-refractivity contribution in [1.29, 1.82) is 0 Å². The zero-order chi connectivity index (χ0) is 15.4. The molecule has 2 aromatic rings. The van der Waals surface area contributed by atoms with Gasteiger partial charge >= 0.3 is 0 Å². The lowest BCUT2D eigenvalue weighted by molar-refractivity contribution is 0.441. The Labute approximate surface area is 129 Å². The first-order valence-electron chi connectivity index (χ1n) is 7.64. The largest absolute Gasteiger partial charge is 0.364 e. The van der Waals surface area contributed by atoms with E-state index in [2.05, 4.69) is 32.3 Å². The zero-order valence-corrected chi connectivity index (χ0v) is 12.7. The molecule has 22 heavy (non-hydrogen) atoms. The molecule has 6 heteroatoms. The molecule has 5 nitrogen and oxygen atoms in total. The van der Waals surface area contributed by atoms with E-state index in [1.54, 1.807) is 18.3 Å². The third-order valence-corrected chi connectivity index (χ3v) is 3.91. The van der Waals surface area contributed by atoms with Crippen LogP contribution < -0.4 is 10.2 Å². The summed E-state index contributed by atoms with van der Waals surface area (Å²) >= 11 is 0. The molecule has 1 N–H and O–H groups in total. The van der Waals surface area contributed by atoms with Crippen LogP contribution in [0.15, 0.2) is 30.5 Å². The number of anilines is 2. The smallest absolute Gasteiger partial charge is 0.247 e. The lowest BCUT2D eigenvalue weighted by Crippen LogP contribution is -2.35. The van der Waals surface area contributed by atoms with Gasteiger partial charge in [-0.1, -0.05) is 25.1 Å². The van der Waals surface area contributed by atoms with Gasteiger partial charge in [-0.25, -0.2) is 4.39 Å². The molecule has 0 radical (unpaired) electrons. The maximum atomic E-state index is 13.6. The van der Waals surface area contributed by atoms with Gasteiger partial charge in [0.1, 0.15) is 5.82 Å². The minimum absolute atomic E-state index is 0.220. The van der Waals surface area contributed by atoms with Crippen LogP contribution in [0.25, 0.3) is 0 Å². The van der Waals surface area contributed by atoms with Gasteiger partial charge in [0, 0.05) is 25.2 Å². The van der Waals surface area contributed by atoms with Gasteiger partial charge in [0.2, 0.25) is 5.95 Å². The van der Waals surface area contributed by atoms with Crippen LogP contribution in [0.3, 0.4) is 0 Å². The summed E-state index contributed by atoms with van der Waals surface area (Å²) in [4.78, 5) is 6.66. The number of benzene rings is 1. The lowest BCUT2D eigenvalue weighted by Gasteiger charge is -2.30. The van der Waals surface area contributed by atoms with Crippen molar-refractivity contribution in [2.24, 2.45) is 5.92 Å². The van der Waals surface area contributed by atoms with Crippen LogP contribution in [0.2, 0.25) is 0 Å². The summed E-state index contributed by atoms with van der Waals surface area (Å²) in [6.45, 7) is 4.53. The van der Waals surface area contributed by atoms with Gasteiger partial charge in [-0.15, -0.1) is 5.10 Å². The number of nitrogens with one attached hydrogen (secondary N) is 1. The fraction of sp³-hybridized carbons (Fsp3) is 0.438. The van der Waals surface area contributed by atoms with E-state index >= 15 is 0 Å². The quantitative estimate of drug-likeness (QED) is 0.941. The van der Waals surface area contributed by atoms with Crippen LogP contribution >= 0.6 is 0 Å². The molecule has 1 aliphatic heterocycles. The van der Waals surface area contributed by atoms with Crippen molar-refractivity contribution in [3.63, 3.8) is 0 Å². The zero-order valence-electron chi connectivity index (χ0n) is 12.7. The van der Waals surface area contributed by atoms with Gasteiger partial charge in [-0.05, 0) is 24.8 Å². The Morgan fingerprint density at radius 2 is 2.23 bits per heavy atom. The molecule has 1 saturated heterocycles. The Morgan fingerprint density at radius 1 is 1.36 bits per heavy atom. The summed E-state index contributed by atoms with van der Waals surface area (Å²) < 4.78 is 13.6. The molecule has 0 bridgehead atoms. The van der Waals surface area contributed by atoms with Gasteiger partial charge < -0.3 is 10.2 Å². The topological polar surface area (TPSA) is 53.9 Å². The Morgan fingerprint density at radius 3 is 3.05 bits per heavy atom. The van der Waals surface area contributed by atoms with Crippen molar-refractivity contribution in [3.8, 4) is 0 Å². The average molecular weight is 301 g/mol. The molecule has 0 saturated carbocycles. The van der Waals surface area contributed by atoms with Crippen molar-refractivity contribution >= 4 is 11.8 Å². The summed E-state index contributed by atoms with van der Waals surface area (Å²) in [5.74, 6) is 1.69. The molecule has 1 atom stereocenters. The van der Waals surface area contributed by atoms with Gasteiger partial charge in [0.05, 0.1) is 6.20 Å². The summed E-state index contributed by atoms with van der Waals surface area (Å²) in [6, 6.07) is 6.71. The maximum Gasteiger partial charge on any atom is 0.247 e. The highest BCUT2D eigenvalue weighted by Crippen LogP contribution is 2.20. The van der Waals surface area contributed by atoms with Crippen LogP contribution in [0, 0.1) is 11.7 Å². The number of hydrogen-bond donors (Lipinski definition) is 1. The second kappa shape index (κ2) is 6.68. The molecule has 116 valence electrons. The first-order chi connectivity index (χ1) is 10.7. The minimum atomic E-state index is -0.220. The molecule has 0 aliphatic carbocycles. The molecule has 1 aliphatic rings. The fourth-order valence-electron chi connectivity index (χ4n) is 2.71. The Bertz CT molecular complexity index is 633. The lowest BCUT2D eigenvalue weighted by atomic mass is 10.0. The van der Waals surface area contributed by atoms with E-state index in [-0.39, 0.29) is 5.82 Å². The Kier molecular flexibility index (Phi) is 4.46. The molecule has 3 rings (SSSR count). The van der Waals surface area contributed by atoms with E-state index in [9.17, 15) is 4.39 Å². The van der Waals surface area contributed by atoms with E-state index in [1.807, 2.05) is 6.07 Å². The number of halogens is 1. The van der Waals surface area contributed by atoms with Gasteiger partial charge in [0.15, 0.2) is 5.82 Å². The summed E-state index contributed by atoms with van der Waals surface area (Å²) in [6.07, 6.45) is 3.96. The van der Waals surface area contributed by atoms with E-state index in [0.717, 1.165) is 19.5 Å². The van der Waals surface area contributed by atoms with E-state index < -0.39 is 0 Å². The second-order valence-electron chi connectivity index (χ2n) is 5.78. The minimum Gasteiger partial charge on any atom is -0.364 e. The van der Waals surface area contributed by atoms with Gasteiger partial charge in [-0.2, -0.15) is 10.1 Å². The summed E-state index contributed by atoms with van der Waals surface area (Å²) in [5.41, 5.74) is 0.606. The summed E-state index contributed by atoms with van der Waals surface area (Å²) in [7, 11) is 0. The Balaban J connectivity index is 1.67. The van der Waals surface area contributed by atoms with Crippen molar-refractivity contribution in [2.45, 2.75) is 26.3 Å². The third-order valence-electron chi connectivity index (χ3n) is 3.91. The molecule has 1 fully saturated rings. The van der Waals surface area contributed by atoms with Crippen molar-refractivity contribution < 1.29 is 4.39 Å². The average Bonchev–Trinajstić information content (AvgIpc) is 2.54. The number of rotatable bonds is 4. The monoisotopic (exact) mass is 301 g/mol. The van der Waals surface area contributed by atoms with Crippen LogP contribution in [0.1, 0.15) is 25.3 Å². The molecule has 2 heterocycles. The summed E-state index contributed by atoms with van der Waals surface area (Å²) in [5, 5.41) is 11.2. The number of piperidine rings is 1. The third kappa shape index (κ3) is 3.50. The normalized spacial score (nSPS) is 18.3. The first-order valence-corrected chi connectivity index (χ1v) is 7.64. The molecular weight excluding hydrogens is 281 g/mol. The van der Waals surface area contributed by atoms with E-state index in [4.69, 9.17) is 0 Å². The van der Waals surface area contributed by atoms with Crippen LogP contribution in [0.4, 0.5) is 16.2 Å². The van der Waals surface area contributed by atoms with Crippen molar-refractivity contribution in [3.05, 3.63) is 41.8 Å². The second-order valence-corrected chi connectivity index (χ2v) is 5.78. The SMILES string of the molecule is CC1CCCN(c2nncc(NCc3ccccc3F)n2)C1. The number of nitrogens with zero attached hydrogens (tertiary/aromatic N) is 4. The predicted molar refractivity (Wildman–Crippen MR) is 84.2 cm³/mol. The van der Waals surface area contributed by atoms with Gasteiger partial charge in [-0.3, -0.25) is 0 Å². The Hall–Kier alpha value is -2.24. The molecule has 0 amide bonds. The molecule has 1 aromatic carbocycles. The van der Waals surface area contributed by atoms with E-state index in [1.165, 1.54) is 12.5 Å². The predicted octanol–water partition coefficient (Wildman–Crippen LogP) is 2.86. The van der Waals surface area contributed by atoms with Crippen LogP contribution in [-0.2, 0) is 6.54 Å². The maximum absolute atomic E-state index is 13.6. The number of hydrogen-bond acceptors (Lipinski definition) is 5. The van der Waals surface area contributed by atoms with Crippen molar-refractivity contribution in [2.75, 3.05) is 23.3 Å². The highest BCUT2D eigenvalue weighted by molar-refractivity contribution is 5.40. The fourth-order valence-corrected chi connectivity index (χ4v) is 2.71. The molecular formula is C16H20FN5. The highest BCUT2D eigenvalue weighted by atomic mass is 19.1. The molecule has 1 aromatic heterocycles. The van der Waals surface area contributed by atoms with Gasteiger partial charge in [0.25, 0.3) is 0 Å². The first kappa shape index (κ1) is 14.7. The molecule has 0 spiro atoms. The molecule has 1 unspecified atom stereocenters. The van der Waals surface area contributed by atoms with Crippen molar-refractivity contribution in [1.82, 2.24) is 15.2 Å². The highest BCUT2D eigenvalue weighted by Gasteiger charge is 2.19.